The first-order valence-electron chi connectivity index (χ1n) is 5.22. The van der Waals surface area contributed by atoms with Crippen molar-refractivity contribution in [3.63, 3.8) is 0 Å². The molecule has 0 aliphatic rings. The molecule has 1 amide bonds. The number of nitrogens with two attached hydrogens (primary N) is 1. The van der Waals surface area contributed by atoms with Crippen molar-refractivity contribution in [2.45, 2.75) is 27.2 Å². The molecule has 0 bridgehead atoms. The highest BCUT2D eigenvalue weighted by Crippen LogP contribution is 1.99. The minimum atomic E-state index is -0.388. The zero-order chi connectivity index (χ0) is 11.8. The van der Waals surface area contributed by atoms with E-state index in [1.54, 1.807) is 0 Å². The van der Waals surface area contributed by atoms with E-state index in [4.69, 9.17) is 15.9 Å². The fraction of sp³-hybridized carbons (Fsp3) is 0.800. The van der Waals surface area contributed by atoms with Crippen molar-refractivity contribution >= 4 is 11.9 Å². The van der Waals surface area contributed by atoms with Gasteiger partial charge in [0.05, 0.1) is 13.2 Å². The molecule has 0 aromatic rings. The molecule has 88 valence electrons. The lowest BCUT2D eigenvalue weighted by molar-refractivity contribution is 0.0967. The van der Waals surface area contributed by atoms with E-state index in [9.17, 15) is 4.79 Å². The number of nitrogens with one attached hydrogen (secondary N) is 1. The van der Waals surface area contributed by atoms with Crippen molar-refractivity contribution in [3.05, 3.63) is 0 Å². The summed E-state index contributed by atoms with van der Waals surface area (Å²) in [5, 5.41) is 7.14. The third-order valence-electron chi connectivity index (χ3n) is 1.65. The Hall–Kier alpha value is -1.26. The Morgan fingerprint density at radius 3 is 2.53 bits per heavy atom. The largest absolute Gasteiger partial charge is 0.449 e. The highest BCUT2D eigenvalue weighted by molar-refractivity contribution is 5.82. The van der Waals surface area contributed by atoms with Gasteiger partial charge in [-0.15, -0.1) is 0 Å². The number of amidine groups is 1. The number of rotatable bonds is 6. The van der Waals surface area contributed by atoms with Crippen LogP contribution >= 0.6 is 0 Å². The van der Waals surface area contributed by atoms with Crippen molar-refractivity contribution in [1.29, 1.82) is 5.41 Å². The van der Waals surface area contributed by atoms with Gasteiger partial charge in [-0.2, -0.15) is 0 Å². The molecule has 0 aliphatic heterocycles. The van der Waals surface area contributed by atoms with E-state index in [0.717, 1.165) is 6.42 Å². The molecule has 0 atom stereocenters. The summed E-state index contributed by atoms with van der Waals surface area (Å²) < 4.78 is 5.05. The highest BCUT2D eigenvalue weighted by atomic mass is 16.6. The molecule has 3 N–H and O–H groups in total. The van der Waals surface area contributed by atoms with Crippen LogP contribution in [0.3, 0.4) is 0 Å². The number of nitrogens with zero attached hydrogens (tertiary/aromatic N) is 1. The second-order valence-electron chi connectivity index (χ2n) is 3.92. The van der Waals surface area contributed by atoms with Crippen LogP contribution in [0.2, 0.25) is 0 Å². The minimum absolute atomic E-state index is 0.0232. The minimum Gasteiger partial charge on any atom is -0.449 e. The summed E-state index contributed by atoms with van der Waals surface area (Å²) in [6, 6.07) is 0. The zero-order valence-corrected chi connectivity index (χ0v) is 9.75. The highest BCUT2D eigenvalue weighted by Gasteiger charge is 2.15. The molecule has 0 aromatic carbocycles. The first-order valence-corrected chi connectivity index (χ1v) is 5.22. The van der Waals surface area contributed by atoms with Gasteiger partial charge in [-0.05, 0) is 12.3 Å². The maximum absolute atomic E-state index is 11.5. The van der Waals surface area contributed by atoms with Crippen LogP contribution in [0.5, 0.6) is 0 Å². The Morgan fingerprint density at radius 2 is 2.13 bits per heavy atom. The molecule has 5 nitrogen and oxygen atoms in total. The first-order chi connectivity index (χ1) is 6.97. The Bertz CT molecular complexity index is 217. The zero-order valence-electron chi connectivity index (χ0n) is 9.75. The van der Waals surface area contributed by atoms with Crippen LogP contribution in [-0.4, -0.2) is 36.5 Å². The summed E-state index contributed by atoms with van der Waals surface area (Å²) in [6.45, 7) is 7.02. The van der Waals surface area contributed by atoms with E-state index in [-0.39, 0.29) is 18.5 Å². The van der Waals surface area contributed by atoms with Crippen LogP contribution in [-0.2, 0) is 4.74 Å². The predicted molar refractivity (Wildman–Crippen MR) is 60.0 cm³/mol. The smallest absolute Gasteiger partial charge is 0.410 e. The number of ether oxygens (including phenoxy) is 1. The molecular formula is C10H21N3O2. The molecule has 0 radical (unpaired) electrons. The van der Waals surface area contributed by atoms with Gasteiger partial charge < -0.3 is 15.4 Å². The molecule has 0 spiro atoms. The summed E-state index contributed by atoms with van der Waals surface area (Å²) in [5.74, 6) is 0.291. The van der Waals surface area contributed by atoms with Gasteiger partial charge in [0.1, 0.15) is 5.84 Å². The standard InChI is InChI=1S/C10H21N3O2/c1-4-5-13(6-9(11)12)10(14)15-7-8(2)3/h8H,4-7H2,1-3H3,(H3,11,12). The van der Waals surface area contributed by atoms with Gasteiger partial charge in [0, 0.05) is 6.54 Å². The van der Waals surface area contributed by atoms with Crippen LogP contribution < -0.4 is 5.73 Å². The van der Waals surface area contributed by atoms with Crippen LogP contribution in [0.15, 0.2) is 0 Å². The van der Waals surface area contributed by atoms with E-state index in [1.807, 2.05) is 20.8 Å². The SMILES string of the molecule is CCCN(CC(=N)N)C(=O)OCC(C)C. The van der Waals surface area contributed by atoms with E-state index in [1.165, 1.54) is 4.90 Å². The summed E-state index contributed by atoms with van der Waals surface area (Å²) in [7, 11) is 0. The maximum Gasteiger partial charge on any atom is 0.410 e. The molecule has 0 saturated carbocycles. The van der Waals surface area contributed by atoms with Gasteiger partial charge in [-0.25, -0.2) is 4.79 Å². The van der Waals surface area contributed by atoms with Crippen molar-refractivity contribution in [3.8, 4) is 0 Å². The molecule has 0 saturated heterocycles. The quantitative estimate of drug-likeness (QED) is 0.519. The van der Waals surface area contributed by atoms with Gasteiger partial charge >= 0.3 is 6.09 Å². The molecule has 0 unspecified atom stereocenters. The van der Waals surface area contributed by atoms with Crippen LogP contribution in [0.1, 0.15) is 27.2 Å². The topological polar surface area (TPSA) is 79.4 Å². The van der Waals surface area contributed by atoms with Crippen LogP contribution in [0.25, 0.3) is 0 Å². The molecule has 0 heterocycles. The molecular weight excluding hydrogens is 194 g/mol. The fourth-order valence-electron chi connectivity index (χ4n) is 1.04. The van der Waals surface area contributed by atoms with E-state index in [0.29, 0.717) is 19.1 Å². The molecule has 0 aliphatic carbocycles. The van der Waals surface area contributed by atoms with Gasteiger partial charge in [-0.1, -0.05) is 20.8 Å². The molecule has 0 fully saturated rings. The predicted octanol–water partition coefficient (Wildman–Crippen LogP) is 1.43. The van der Waals surface area contributed by atoms with E-state index in [2.05, 4.69) is 0 Å². The van der Waals surface area contributed by atoms with Crippen LogP contribution in [0, 0.1) is 11.3 Å². The molecule has 5 heteroatoms. The van der Waals surface area contributed by atoms with E-state index >= 15 is 0 Å². The second kappa shape index (κ2) is 7.09. The average Bonchev–Trinajstić information content (AvgIpc) is 2.12. The normalized spacial score (nSPS) is 10.1. The number of amides is 1. The fourth-order valence-corrected chi connectivity index (χ4v) is 1.04. The Morgan fingerprint density at radius 1 is 1.53 bits per heavy atom. The number of carbonyl (C=O) groups excluding carboxylic acids is 1. The lowest BCUT2D eigenvalue weighted by Gasteiger charge is -2.21. The van der Waals surface area contributed by atoms with Crippen molar-refractivity contribution < 1.29 is 9.53 Å². The Kier molecular flexibility index (Phi) is 6.49. The van der Waals surface area contributed by atoms with Gasteiger partial charge in [0.2, 0.25) is 0 Å². The first kappa shape index (κ1) is 13.7. The number of hydrogen-bond donors (Lipinski definition) is 2. The van der Waals surface area contributed by atoms with Crippen molar-refractivity contribution in [1.82, 2.24) is 4.90 Å². The summed E-state index contributed by atoms with van der Waals surface area (Å²) in [4.78, 5) is 13.0. The maximum atomic E-state index is 11.5. The van der Waals surface area contributed by atoms with Gasteiger partial charge in [0.25, 0.3) is 0 Å². The van der Waals surface area contributed by atoms with Crippen molar-refractivity contribution in [2.24, 2.45) is 11.7 Å². The second-order valence-corrected chi connectivity index (χ2v) is 3.92. The third kappa shape index (κ3) is 6.76. The monoisotopic (exact) mass is 215 g/mol. The average molecular weight is 215 g/mol. The number of hydrogen-bond acceptors (Lipinski definition) is 3. The molecule has 0 aromatic heterocycles. The Labute approximate surface area is 91.1 Å². The van der Waals surface area contributed by atoms with E-state index < -0.39 is 0 Å². The van der Waals surface area contributed by atoms with Crippen molar-refractivity contribution in [2.75, 3.05) is 19.7 Å². The van der Waals surface area contributed by atoms with Crippen LogP contribution in [0.4, 0.5) is 4.79 Å². The molecule has 15 heavy (non-hydrogen) atoms. The lowest BCUT2D eigenvalue weighted by atomic mass is 10.2. The van der Waals surface area contributed by atoms with Gasteiger partial charge in [-0.3, -0.25) is 5.41 Å². The summed E-state index contributed by atoms with van der Waals surface area (Å²) >= 11 is 0. The Balaban J connectivity index is 4.09. The summed E-state index contributed by atoms with van der Waals surface area (Å²) in [6.07, 6.45) is 0.435. The third-order valence-corrected chi connectivity index (χ3v) is 1.65. The summed E-state index contributed by atoms with van der Waals surface area (Å²) in [5.41, 5.74) is 5.25. The lowest BCUT2D eigenvalue weighted by Crippen LogP contribution is -2.39. The van der Waals surface area contributed by atoms with Gasteiger partial charge in [0.15, 0.2) is 0 Å². The molecule has 0 rings (SSSR count). The number of carbonyl (C=O) groups is 1.